The normalized spacial score (nSPS) is 23.1. The number of hydrogen-bond donors (Lipinski definition) is 0. The van der Waals surface area contributed by atoms with E-state index in [4.69, 9.17) is 4.74 Å². The summed E-state index contributed by atoms with van der Waals surface area (Å²) in [6.45, 7) is 6.75. The molecular formula is C12H21NO2. The molecule has 1 atom stereocenters. The third-order valence-corrected chi connectivity index (χ3v) is 2.78. The summed E-state index contributed by atoms with van der Waals surface area (Å²) in [5.41, 5.74) is 0. The highest BCUT2D eigenvalue weighted by Crippen LogP contribution is 2.11. The fraction of sp³-hybridized carbons (Fsp3) is 0.750. The lowest BCUT2D eigenvalue weighted by Crippen LogP contribution is -2.23. The van der Waals surface area contributed by atoms with Crippen LogP contribution in [-0.2, 0) is 9.53 Å². The summed E-state index contributed by atoms with van der Waals surface area (Å²) < 4.78 is 5.27. The van der Waals surface area contributed by atoms with Crippen molar-refractivity contribution in [1.82, 2.24) is 4.90 Å². The summed E-state index contributed by atoms with van der Waals surface area (Å²) >= 11 is 0. The minimum absolute atomic E-state index is 0.103. The van der Waals surface area contributed by atoms with Crippen molar-refractivity contribution in [3.63, 3.8) is 0 Å². The molecule has 0 aromatic carbocycles. The molecule has 1 aliphatic heterocycles. The zero-order valence-corrected chi connectivity index (χ0v) is 9.90. The average Bonchev–Trinajstić information content (AvgIpc) is 2.65. The Balaban J connectivity index is 2.23. The number of allylic oxidation sites excluding steroid dienone is 1. The van der Waals surface area contributed by atoms with E-state index in [0.29, 0.717) is 6.10 Å². The Bertz CT molecular complexity index is 236. The highest BCUT2D eigenvalue weighted by molar-refractivity contribution is 5.91. The van der Waals surface area contributed by atoms with Gasteiger partial charge in [-0.2, -0.15) is 0 Å². The van der Waals surface area contributed by atoms with Gasteiger partial charge in [0.15, 0.2) is 5.78 Å². The van der Waals surface area contributed by atoms with Gasteiger partial charge in [-0.1, -0.05) is 19.9 Å². The van der Waals surface area contributed by atoms with E-state index in [2.05, 4.69) is 4.90 Å². The fourth-order valence-electron chi connectivity index (χ4n) is 1.67. The van der Waals surface area contributed by atoms with E-state index in [0.717, 1.165) is 26.1 Å². The largest absolute Gasteiger partial charge is 0.380 e. The lowest BCUT2D eigenvalue weighted by molar-refractivity contribution is -0.117. The highest BCUT2D eigenvalue weighted by atomic mass is 16.5. The lowest BCUT2D eigenvalue weighted by Gasteiger charge is -2.12. The summed E-state index contributed by atoms with van der Waals surface area (Å²) in [5, 5.41) is 0. The van der Waals surface area contributed by atoms with Crippen molar-refractivity contribution in [3.05, 3.63) is 12.2 Å². The molecule has 0 unspecified atom stereocenters. The highest BCUT2D eigenvalue weighted by Gasteiger charge is 2.20. The quantitative estimate of drug-likeness (QED) is 0.645. The summed E-state index contributed by atoms with van der Waals surface area (Å²) in [5.74, 6) is 0.309. The maximum Gasteiger partial charge on any atom is 0.157 e. The first-order chi connectivity index (χ1) is 7.13. The Hall–Kier alpha value is -0.670. The lowest BCUT2D eigenvalue weighted by atomic mass is 10.1. The second-order valence-corrected chi connectivity index (χ2v) is 4.37. The number of likely N-dealkylation sites (tertiary alicyclic amines) is 1. The smallest absolute Gasteiger partial charge is 0.157 e. The second-order valence-electron chi connectivity index (χ2n) is 4.37. The van der Waals surface area contributed by atoms with Crippen LogP contribution in [0.3, 0.4) is 0 Å². The number of rotatable bonds is 5. The Labute approximate surface area is 92.1 Å². The van der Waals surface area contributed by atoms with Crippen LogP contribution in [0.4, 0.5) is 0 Å². The van der Waals surface area contributed by atoms with Crippen LogP contribution in [0.25, 0.3) is 0 Å². The molecule has 1 rings (SSSR count). The van der Waals surface area contributed by atoms with Crippen molar-refractivity contribution in [3.8, 4) is 0 Å². The van der Waals surface area contributed by atoms with Crippen molar-refractivity contribution in [2.45, 2.75) is 26.4 Å². The van der Waals surface area contributed by atoms with Gasteiger partial charge in [-0.15, -0.1) is 0 Å². The van der Waals surface area contributed by atoms with Gasteiger partial charge in [0.1, 0.15) is 0 Å². The van der Waals surface area contributed by atoms with Gasteiger partial charge in [0.25, 0.3) is 0 Å². The zero-order chi connectivity index (χ0) is 11.3. The number of hydrogen-bond acceptors (Lipinski definition) is 3. The van der Waals surface area contributed by atoms with Crippen LogP contribution < -0.4 is 0 Å². The average molecular weight is 211 g/mol. The molecule has 3 heteroatoms. The number of carbonyl (C=O) groups excluding carboxylic acids is 1. The van der Waals surface area contributed by atoms with Crippen LogP contribution in [0.15, 0.2) is 12.2 Å². The van der Waals surface area contributed by atoms with Gasteiger partial charge < -0.3 is 4.74 Å². The molecule has 0 aromatic heterocycles. The molecule has 0 amide bonds. The predicted molar refractivity (Wildman–Crippen MR) is 60.8 cm³/mol. The van der Waals surface area contributed by atoms with E-state index in [-0.39, 0.29) is 11.7 Å². The maximum atomic E-state index is 11.3. The van der Waals surface area contributed by atoms with Crippen molar-refractivity contribution >= 4 is 5.78 Å². The Kier molecular flexibility index (Phi) is 4.99. The minimum Gasteiger partial charge on any atom is -0.380 e. The van der Waals surface area contributed by atoms with E-state index >= 15 is 0 Å². The zero-order valence-electron chi connectivity index (χ0n) is 9.90. The summed E-state index contributed by atoms with van der Waals surface area (Å²) in [6.07, 6.45) is 5.13. The molecule has 1 heterocycles. The van der Waals surface area contributed by atoms with Crippen molar-refractivity contribution in [2.75, 3.05) is 26.7 Å². The fourth-order valence-corrected chi connectivity index (χ4v) is 1.67. The van der Waals surface area contributed by atoms with Crippen LogP contribution >= 0.6 is 0 Å². The van der Waals surface area contributed by atoms with Crippen molar-refractivity contribution < 1.29 is 9.53 Å². The molecule has 0 radical (unpaired) electrons. The van der Waals surface area contributed by atoms with E-state index in [1.54, 1.807) is 13.2 Å². The number of carbonyl (C=O) groups is 1. The molecule has 0 saturated carbocycles. The monoisotopic (exact) mass is 211 g/mol. The van der Waals surface area contributed by atoms with Crippen LogP contribution in [-0.4, -0.2) is 43.5 Å². The Morgan fingerprint density at radius 2 is 2.33 bits per heavy atom. The molecule has 1 fully saturated rings. The van der Waals surface area contributed by atoms with Crippen LogP contribution in [0.1, 0.15) is 20.3 Å². The molecule has 3 nitrogen and oxygen atoms in total. The molecule has 0 bridgehead atoms. The Morgan fingerprint density at radius 3 is 2.87 bits per heavy atom. The van der Waals surface area contributed by atoms with Gasteiger partial charge in [0, 0.05) is 32.7 Å². The van der Waals surface area contributed by atoms with Gasteiger partial charge in [-0.25, -0.2) is 0 Å². The van der Waals surface area contributed by atoms with Gasteiger partial charge in [-0.05, 0) is 12.5 Å². The first-order valence-electron chi connectivity index (χ1n) is 5.59. The molecule has 1 saturated heterocycles. The van der Waals surface area contributed by atoms with E-state index in [9.17, 15) is 4.79 Å². The molecule has 0 N–H and O–H groups in total. The predicted octanol–water partition coefficient (Wildman–Crippen LogP) is 1.49. The summed E-state index contributed by atoms with van der Waals surface area (Å²) in [6, 6.07) is 0. The number of nitrogens with zero attached hydrogens (tertiary/aromatic N) is 1. The van der Waals surface area contributed by atoms with Crippen molar-refractivity contribution in [2.24, 2.45) is 5.92 Å². The molecular weight excluding hydrogens is 190 g/mol. The molecule has 15 heavy (non-hydrogen) atoms. The summed E-state index contributed by atoms with van der Waals surface area (Å²) in [7, 11) is 1.76. The third-order valence-electron chi connectivity index (χ3n) is 2.78. The number of ether oxygens (including phenoxy) is 1. The number of ketones is 1. The number of methoxy groups -OCH3 is 1. The first kappa shape index (κ1) is 12.4. The van der Waals surface area contributed by atoms with E-state index in [1.807, 2.05) is 19.9 Å². The maximum absolute atomic E-state index is 11.3. The van der Waals surface area contributed by atoms with Gasteiger partial charge >= 0.3 is 0 Å². The molecule has 0 aromatic rings. The molecule has 0 aliphatic carbocycles. The molecule has 0 spiro atoms. The standard InChI is InChI=1S/C12H21NO2/c1-10(2)12(14)5-4-7-13-8-6-11(9-13)15-3/h4-5,10-11H,6-9H2,1-3H3/b5-4+/t11-/m1/s1. The Morgan fingerprint density at radius 1 is 1.60 bits per heavy atom. The van der Waals surface area contributed by atoms with Gasteiger partial charge in [0.05, 0.1) is 6.10 Å². The van der Waals surface area contributed by atoms with Crippen LogP contribution in [0, 0.1) is 5.92 Å². The van der Waals surface area contributed by atoms with E-state index in [1.165, 1.54) is 0 Å². The molecule has 86 valence electrons. The first-order valence-corrected chi connectivity index (χ1v) is 5.59. The van der Waals surface area contributed by atoms with Crippen LogP contribution in [0.2, 0.25) is 0 Å². The SMILES string of the molecule is CO[C@@H]1CCN(C/C=C/C(=O)C(C)C)C1. The topological polar surface area (TPSA) is 29.5 Å². The molecule has 1 aliphatic rings. The van der Waals surface area contributed by atoms with E-state index < -0.39 is 0 Å². The van der Waals surface area contributed by atoms with Gasteiger partial charge in [0.2, 0.25) is 0 Å². The summed E-state index contributed by atoms with van der Waals surface area (Å²) in [4.78, 5) is 13.6. The van der Waals surface area contributed by atoms with Crippen LogP contribution in [0.5, 0.6) is 0 Å². The van der Waals surface area contributed by atoms with Gasteiger partial charge in [-0.3, -0.25) is 9.69 Å². The minimum atomic E-state index is 0.103. The third kappa shape index (κ3) is 4.14. The van der Waals surface area contributed by atoms with Crippen molar-refractivity contribution in [1.29, 1.82) is 0 Å². The second kappa shape index (κ2) is 6.03.